The Morgan fingerprint density at radius 3 is 2.32 bits per heavy atom. The van der Waals surface area contributed by atoms with E-state index in [0.29, 0.717) is 19.4 Å². The molecule has 168 valence electrons. The SMILES string of the molecule is CCC(C(=O)NC(C)(C)C)N(Cc1cccc(C)c1)C(=O)CCSCc1ccccc1. The van der Waals surface area contributed by atoms with Gasteiger partial charge in [0.25, 0.3) is 0 Å². The molecule has 0 heterocycles. The fraction of sp³-hybridized carbons (Fsp3) is 0.462. The summed E-state index contributed by atoms with van der Waals surface area (Å²) in [4.78, 5) is 28.0. The van der Waals surface area contributed by atoms with Crippen molar-refractivity contribution < 1.29 is 9.59 Å². The van der Waals surface area contributed by atoms with E-state index in [0.717, 1.165) is 22.6 Å². The summed E-state index contributed by atoms with van der Waals surface area (Å²) < 4.78 is 0. The molecule has 2 aromatic carbocycles. The molecule has 0 aliphatic rings. The fourth-order valence-electron chi connectivity index (χ4n) is 3.45. The van der Waals surface area contributed by atoms with Crippen LogP contribution in [0.15, 0.2) is 54.6 Å². The van der Waals surface area contributed by atoms with Crippen LogP contribution in [0, 0.1) is 6.92 Å². The fourth-order valence-corrected chi connectivity index (χ4v) is 4.34. The van der Waals surface area contributed by atoms with Crippen molar-refractivity contribution in [2.75, 3.05) is 5.75 Å². The minimum Gasteiger partial charge on any atom is -0.350 e. The van der Waals surface area contributed by atoms with Gasteiger partial charge in [0.1, 0.15) is 6.04 Å². The van der Waals surface area contributed by atoms with E-state index in [1.54, 1.807) is 16.7 Å². The first-order valence-corrected chi connectivity index (χ1v) is 12.1. The summed E-state index contributed by atoms with van der Waals surface area (Å²) in [5, 5.41) is 3.05. The number of amides is 2. The van der Waals surface area contributed by atoms with Gasteiger partial charge in [0.15, 0.2) is 0 Å². The molecule has 0 radical (unpaired) electrons. The first kappa shape index (κ1) is 25.0. The van der Waals surface area contributed by atoms with Gasteiger partial charge in [-0.2, -0.15) is 11.8 Å². The van der Waals surface area contributed by atoms with E-state index in [1.807, 2.05) is 71.0 Å². The number of thioether (sulfide) groups is 1. The molecule has 1 atom stereocenters. The molecule has 0 aliphatic heterocycles. The number of carbonyl (C=O) groups excluding carboxylic acids is 2. The number of aryl methyl sites for hydroxylation is 1. The van der Waals surface area contributed by atoms with Crippen LogP contribution in [0.1, 0.15) is 57.2 Å². The molecule has 0 spiro atoms. The lowest BCUT2D eigenvalue weighted by Crippen LogP contribution is -2.53. The number of hydrogen-bond acceptors (Lipinski definition) is 3. The van der Waals surface area contributed by atoms with Crippen LogP contribution >= 0.6 is 11.8 Å². The van der Waals surface area contributed by atoms with Gasteiger partial charge in [0.2, 0.25) is 11.8 Å². The Bertz CT molecular complexity index is 846. The molecule has 0 aliphatic carbocycles. The summed E-state index contributed by atoms with van der Waals surface area (Å²) in [6, 6.07) is 17.9. The van der Waals surface area contributed by atoms with Crippen LogP contribution in [0.25, 0.3) is 0 Å². The average Bonchev–Trinajstić information content (AvgIpc) is 2.70. The molecule has 1 N–H and O–H groups in total. The van der Waals surface area contributed by atoms with Gasteiger partial charge in [0.05, 0.1) is 0 Å². The molecular weight excluding hydrogens is 404 g/mol. The maximum Gasteiger partial charge on any atom is 0.243 e. The van der Waals surface area contributed by atoms with Crippen molar-refractivity contribution in [3.8, 4) is 0 Å². The van der Waals surface area contributed by atoms with E-state index in [9.17, 15) is 9.59 Å². The smallest absolute Gasteiger partial charge is 0.243 e. The largest absolute Gasteiger partial charge is 0.350 e. The quantitative estimate of drug-likeness (QED) is 0.507. The normalized spacial score (nSPS) is 12.3. The van der Waals surface area contributed by atoms with Gasteiger partial charge in [-0.1, -0.05) is 67.1 Å². The number of rotatable bonds is 10. The highest BCUT2D eigenvalue weighted by molar-refractivity contribution is 7.98. The zero-order valence-corrected chi connectivity index (χ0v) is 20.3. The first-order valence-electron chi connectivity index (χ1n) is 11.0. The van der Waals surface area contributed by atoms with Crippen molar-refractivity contribution in [3.63, 3.8) is 0 Å². The van der Waals surface area contributed by atoms with E-state index >= 15 is 0 Å². The lowest BCUT2D eigenvalue weighted by molar-refractivity contribution is -0.141. The lowest BCUT2D eigenvalue weighted by atomic mass is 10.0. The zero-order chi connectivity index (χ0) is 22.9. The molecule has 31 heavy (non-hydrogen) atoms. The second-order valence-electron chi connectivity index (χ2n) is 8.96. The summed E-state index contributed by atoms with van der Waals surface area (Å²) in [6.07, 6.45) is 0.999. The van der Waals surface area contributed by atoms with Gasteiger partial charge in [-0.15, -0.1) is 0 Å². The molecule has 2 amide bonds. The molecule has 4 nitrogen and oxygen atoms in total. The standard InChI is InChI=1S/C26H36N2O2S/c1-6-23(25(30)27-26(3,4)5)28(18-22-14-10-11-20(2)17-22)24(29)15-16-31-19-21-12-8-7-9-13-21/h7-14,17,23H,6,15-16,18-19H2,1-5H3,(H,27,30). The van der Waals surface area contributed by atoms with Crippen molar-refractivity contribution in [1.82, 2.24) is 10.2 Å². The van der Waals surface area contributed by atoms with Gasteiger partial charge < -0.3 is 10.2 Å². The maximum absolute atomic E-state index is 13.2. The van der Waals surface area contributed by atoms with Crippen LogP contribution in [0.5, 0.6) is 0 Å². The minimum absolute atomic E-state index is 0.0259. The Morgan fingerprint density at radius 2 is 1.71 bits per heavy atom. The van der Waals surface area contributed by atoms with Gasteiger partial charge in [-0.05, 0) is 45.2 Å². The summed E-state index contributed by atoms with van der Waals surface area (Å²) in [7, 11) is 0. The second-order valence-corrected chi connectivity index (χ2v) is 10.1. The monoisotopic (exact) mass is 440 g/mol. The third kappa shape index (κ3) is 8.78. The number of nitrogens with one attached hydrogen (secondary N) is 1. The average molecular weight is 441 g/mol. The Labute approximate surface area is 191 Å². The molecule has 0 aromatic heterocycles. The molecule has 2 rings (SSSR count). The Hall–Kier alpha value is -2.27. The van der Waals surface area contributed by atoms with Crippen molar-refractivity contribution in [2.45, 2.75) is 71.3 Å². The van der Waals surface area contributed by atoms with Crippen LogP contribution in [0.2, 0.25) is 0 Å². The van der Waals surface area contributed by atoms with Gasteiger partial charge in [-0.25, -0.2) is 0 Å². The van der Waals surface area contributed by atoms with Gasteiger partial charge in [0, 0.05) is 30.0 Å². The number of benzene rings is 2. The number of nitrogens with zero attached hydrogens (tertiary/aromatic N) is 1. The zero-order valence-electron chi connectivity index (χ0n) is 19.5. The van der Waals surface area contributed by atoms with Crippen LogP contribution in [0.3, 0.4) is 0 Å². The van der Waals surface area contributed by atoms with E-state index in [4.69, 9.17) is 0 Å². The predicted octanol–water partition coefficient (Wildman–Crippen LogP) is 5.34. The molecule has 2 aromatic rings. The van der Waals surface area contributed by atoms with E-state index in [1.165, 1.54) is 5.56 Å². The molecule has 1 unspecified atom stereocenters. The van der Waals surface area contributed by atoms with Crippen molar-refractivity contribution in [2.24, 2.45) is 0 Å². The molecular formula is C26H36N2O2S. The van der Waals surface area contributed by atoms with E-state index in [2.05, 4.69) is 23.5 Å². The highest BCUT2D eigenvalue weighted by atomic mass is 32.2. The molecule has 0 saturated carbocycles. The third-order valence-electron chi connectivity index (χ3n) is 4.89. The third-order valence-corrected chi connectivity index (χ3v) is 5.92. The van der Waals surface area contributed by atoms with Crippen molar-refractivity contribution >= 4 is 23.6 Å². The van der Waals surface area contributed by atoms with Gasteiger partial charge in [-0.3, -0.25) is 9.59 Å². The van der Waals surface area contributed by atoms with Crippen LogP contribution in [-0.4, -0.2) is 34.0 Å². The van der Waals surface area contributed by atoms with Crippen molar-refractivity contribution in [1.29, 1.82) is 0 Å². The van der Waals surface area contributed by atoms with E-state index in [-0.39, 0.29) is 17.4 Å². The molecule has 5 heteroatoms. The number of carbonyl (C=O) groups is 2. The summed E-state index contributed by atoms with van der Waals surface area (Å²) in [5.74, 6) is 1.55. The topological polar surface area (TPSA) is 49.4 Å². The predicted molar refractivity (Wildman–Crippen MR) is 131 cm³/mol. The highest BCUT2D eigenvalue weighted by Crippen LogP contribution is 2.18. The molecule has 0 bridgehead atoms. The van der Waals surface area contributed by atoms with Crippen LogP contribution in [-0.2, 0) is 21.9 Å². The van der Waals surface area contributed by atoms with Crippen LogP contribution in [0.4, 0.5) is 0 Å². The maximum atomic E-state index is 13.2. The van der Waals surface area contributed by atoms with Gasteiger partial charge >= 0.3 is 0 Å². The van der Waals surface area contributed by atoms with Crippen LogP contribution < -0.4 is 5.32 Å². The molecule has 0 fully saturated rings. The first-order chi connectivity index (χ1) is 14.7. The summed E-state index contributed by atoms with van der Waals surface area (Å²) in [5.41, 5.74) is 3.11. The summed E-state index contributed by atoms with van der Waals surface area (Å²) in [6.45, 7) is 10.3. The van der Waals surface area contributed by atoms with Crippen molar-refractivity contribution in [3.05, 3.63) is 71.3 Å². The number of hydrogen-bond donors (Lipinski definition) is 1. The minimum atomic E-state index is -0.480. The Morgan fingerprint density at radius 1 is 1.03 bits per heavy atom. The Kier molecular flexibility index (Phi) is 9.63. The molecule has 0 saturated heterocycles. The lowest BCUT2D eigenvalue weighted by Gasteiger charge is -2.33. The Balaban J connectivity index is 2.09. The van der Waals surface area contributed by atoms with E-state index < -0.39 is 6.04 Å². The second kappa shape index (κ2) is 11.9. The highest BCUT2D eigenvalue weighted by Gasteiger charge is 2.30. The summed E-state index contributed by atoms with van der Waals surface area (Å²) >= 11 is 1.75.